The topological polar surface area (TPSA) is 86.8 Å². The minimum absolute atomic E-state index is 0.0197. The molecule has 0 fully saturated rings. The summed E-state index contributed by atoms with van der Waals surface area (Å²) in [6.45, 7) is 3.66. The molecule has 150 valence electrons. The Morgan fingerprint density at radius 1 is 0.931 bits per heavy atom. The zero-order valence-electron chi connectivity index (χ0n) is 16.7. The van der Waals surface area contributed by atoms with Crippen LogP contribution < -0.4 is 5.32 Å². The van der Waals surface area contributed by atoms with E-state index in [0.29, 0.717) is 16.8 Å². The third-order valence-corrected chi connectivity index (χ3v) is 4.82. The highest BCUT2D eigenvalue weighted by atomic mass is 16.2. The van der Waals surface area contributed by atoms with Crippen LogP contribution in [0.3, 0.4) is 0 Å². The first-order chi connectivity index (χ1) is 13.8. The molecule has 1 aliphatic rings. The molecule has 2 aromatic carbocycles. The van der Waals surface area contributed by atoms with E-state index in [4.69, 9.17) is 0 Å². The SMILES string of the molecule is Cc1ccc(NC(=O)CN(C)C(=O)CCN2C(=O)c3ccc(C)cc3C2=O)cc1. The molecule has 1 heterocycles. The molecule has 0 radical (unpaired) electrons. The normalized spacial score (nSPS) is 12.7. The molecule has 1 N–H and O–H groups in total. The summed E-state index contributed by atoms with van der Waals surface area (Å²) < 4.78 is 0. The van der Waals surface area contributed by atoms with Crippen molar-refractivity contribution < 1.29 is 19.2 Å². The summed E-state index contributed by atoms with van der Waals surface area (Å²) in [6, 6.07) is 12.4. The second-order valence-electron chi connectivity index (χ2n) is 7.22. The molecule has 1 aliphatic heterocycles. The minimum Gasteiger partial charge on any atom is -0.336 e. The Morgan fingerprint density at radius 3 is 2.24 bits per heavy atom. The van der Waals surface area contributed by atoms with Crippen LogP contribution in [0.4, 0.5) is 5.69 Å². The van der Waals surface area contributed by atoms with Gasteiger partial charge in [-0.15, -0.1) is 0 Å². The molecule has 0 saturated carbocycles. The minimum atomic E-state index is -0.391. The number of nitrogens with one attached hydrogen (secondary N) is 1. The van der Waals surface area contributed by atoms with E-state index in [2.05, 4.69) is 5.32 Å². The molecule has 3 rings (SSSR count). The summed E-state index contributed by atoms with van der Waals surface area (Å²) in [7, 11) is 1.52. The number of aryl methyl sites for hydroxylation is 2. The van der Waals surface area contributed by atoms with Gasteiger partial charge in [0.1, 0.15) is 0 Å². The van der Waals surface area contributed by atoms with Crippen molar-refractivity contribution in [1.82, 2.24) is 9.80 Å². The van der Waals surface area contributed by atoms with Gasteiger partial charge >= 0.3 is 0 Å². The van der Waals surface area contributed by atoms with Crippen LogP contribution in [-0.4, -0.2) is 53.6 Å². The number of likely N-dealkylation sites (N-methyl/N-ethyl adjacent to an activating group) is 1. The monoisotopic (exact) mass is 393 g/mol. The van der Waals surface area contributed by atoms with Crippen LogP contribution in [0.25, 0.3) is 0 Å². The number of benzene rings is 2. The van der Waals surface area contributed by atoms with Crippen molar-refractivity contribution in [2.45, 2.75) is 20.3 Å². The molecule has 2 aromatic rings. The summed E-state index contributed by atoms with van der Waals surface area (Å²) >= 11 is 0. The molecule has 29 heavy (non-hydrogen) atoms. The molecule has 4 amide bonds. The van der Waals surface area contributed by atoms with Gasteiger partial charge in [0.2, 0.25) is 11.8 Å². The molecule has 0 aromatic heterocycles. The maximum atomic E-state index is 12.5. The van der Waals surface area contributed by atoms with Gasteiger partial charge in [-0.25, -0.2) is 0 Å². The molecule has 0 unspecified atom stereocenters. The summed E-state index contributed by atoms with van der Waals surface area (Å²) in [5, 5.41) is 2.73. The van der Waals surface area contributed by atoms with E-state index >= 15 is 0 Å². The fourth-order valence-corrected chi connectivity index (χ4v) is 3.15. The van der Waals surface area contributed by atoms with Crippen molar-refractivity contribution in [1.29, 1.82) is 0 Å². The average molecular weight is 393 g/mol. The average Bonchev–Trinajstić information content (AvgIpc) is 2.91. The number of imide groups is 1. The van der Waals surface area contributed by atoms with Gasteiger partial charge in [-0.2, -0.15) is 0 Å². The zero-order valence-corrected chi connectivity index (χ0v) is 16.7. The van der Waals surface area contributed by atoms with Gasteiger partial charge in [0, 0.05) is 25.7 Å². The number of nitrogens with zero attached hydrogens (tertiary/aromatic N) is 2. The smallest absolute Gasteiger partial charge is 0.261 e. The predicted molar refractivity (Wildman–Crippen MR) is 109 cm³/mol. The lowest BCUT2D eigenvalue weighted by molar-refractivity contribution is -0.133. The molecule has 0 bridgehead atoms. The van der Waals surface area contributed by atoms with Crippen molar-refractivity contribution in [2.24, 2.45) is 0 Å². The molecular weight excluding hydrogens is 370 g/mol. The first kappa shape index (κ1) is 20.3. The van der Waals surface area contributed by atoms with Gasteiger partial charge in [-0.05, 0) is 38.1 Å². The number of rotatable bonds is 6. The van der Waals surface area contributed by atoms with Crippen LogP contribution in [0.15, 0.2) is 42.5 Å². The van der Waals surface area contributed by atoms with E-state index in [1.807, 2.05) is 26.0 Å². The molecule has 0 aliphatic carbocycles. The van der Waals surface area contributed by atoms with Crippen molar-refractivity contribution in [3.63, 3.8) is 0 Å². The number of carbonyl (C=O) groups is 4. The number of carbonyl (C=O) groups excluding carboxylic acids is 4. The third kappa shape index (κ3) is 4.51. The van der Waals surface area contributed by atoms with Crippen LogP contribution >= 0.6 is 0 Å². The van der Waals surface area contributed by atoms with Crippen molar-refractivity contribution in [3.05, 3.63) is 64.7 Å². The van der Waals surface area contributed by atoms with E-state index in [1.54, 1.807) is 30.3 Å². The van der Waals surface area contributed by atoms with Crippen molar-refractivity contribution >= 4 is 29.3 Å². The highest BCUT2D eigenvalue weighted by Gasteiger charge is 2.35. The number of fused-ring (bicyclic) bond motifs is 1. The number of hydrogen-bond donors (Lipinski definition) is 1. The molecule has 7 nitrogen and oxygen atoms in total. The first-order valence-corrected chi connectivity index (χ1v) is 9.33. The highest BCUT2D eigenvalue weighted by Crippen LogP contribution is 2.24. The molecule has 7 heteroatoms. The molecule has 0 atom stereocenters. The summed E-state index contributed by atoms with van der Waals surface area (Å²) in [4.78, 5) is 51.8. The molecule has 0 spiro atoms. The Kier molecular flexibility index (Phi) is 5.77. The van der Waals surface area contributed by atoms with Crippen molar-refractivity contribution in [2.75, 3.05) is 25.5 Å². The van der Waals surface area contributed by atoms with E-state index in [9.17, 15) is 19.2 Å². The predicted octanol–water partition coefficient (Wildman–Crippen LogP) is 2.39. The Balaban J connectivity index is 1.52. The van der Waals surface area contributed by atoms with Crippen LogP contribution in [0.5, 0.6) is 0 Å². The second kappa shape index (κ2) is 8.26. The van der Waals surface area contributed by atoms with Gasteiger partial charge in [-0.1, -0.05) is 29.3 Å². The maximum Gasteiger partial charge on any atom is 0.261 e. The Labute approximate surface area is 169 Å². The quantitative estimate of drug-likeness (QED) is 0.764. The van der Waals surface area contributed by atoms with E-state index in [0.717, 1.165) is 16.0 Å². The van der Waals surface area contributed by atoms with E-state index in [-0.39, 0.29) is 37.2 Å². The number of anilines is 1. The number of hydrogen-bond acceptors (Lipinski definition) is 4. The van der Waals surface area contributed by atoms with Crippen LogP contribution in [0, 0.1) is 13.8 Å². The largest absolute Gasteiger partial charge is 0.336 e. The van der Waals surface area contributed by atoms with Crippen LogP contribution in [0.2, 0.25) is 0 Å². The highest BCUT2D eigenvalue weighted by molar-refractivity contribution is 6.21. The Bertz CT molecular complexity index is 982. The molecule has 0 saturated heterocycles. The number of amides is 4. The van der Waals surface area contributed by atoms with Gasteiger partial charge in [-0.3, -0.25) is 24.1 Å². The fourth-order valence-electron chi connectivity index (χ4n) is 3.15. The Hall–Kier alpha value is -3.48. The van der Waals surface area contributed by atoms with E-state index in [1.165, 1.54) is 11.9 Å². The Morgan fingerprint density at radius 2 is 1.55 bits per heavy atom. The first-order valence-electron chi connectivity index (χ1n) is 9.33. The standard InChI is InChI=1S/C22H23N3O4/c1-14-4-7-16(8-5-14)23-19(26)13-24(3)20(27)10-11-25-21(28)17-9-6-15(2)12-18(17)22(25)29/h4-9,12H,10-11,13H2,1-3H3,(H,23,26). The fraction of sp³-hybridized carbons (Fsp3) is 0.273. The van der Waals surface area contributed by atoms with Gasteiger partial charge in [0.15, 0.2) is 0 Å². The lowest BCUT2D eigenvalue weighted by atomic mass is 10.1. The van der Waals surface area contributed by atoms with E-state index < -0.39 is 5.91 Å². The summed E-state index contributed by atoms with van der Waals surface area (Å²) in [5.74, 6) is -1.42. The summed E-state index contributed by atoms with van der Waals surface area (Å²) in [6.07, 6.45) is -0.0429. The molecular formula is C22H23N3O4. The zero-order chi connectivity index (χ0) is 21.1. The second-order valence-corrected chi connectivity index (χ2v) is 7.22. The van der Waals surface area contributed by atoms with Crippen LogP contribution in [-0.2, 0) is 9.59 Å². The third-order valence-electron chi connectivity index (χ3n) is 4.82. The lowest BCUT2D eigenvalue weighted by Crippen LogP contribution is -2.38. The van der Waals surface area contributed by atoms with Crippen molar-refractivity contribution in [3.8, 4) is 0 Å². The summed E-state index contributed by atoms with van der Waals surface area (Å²) in [5.41, 5.74) is 3.36. The van der Waals surface area contributed by atoms with Crippen LogP contribution in [0.1, 0.15) is 38.3 Å². The maximum absolute atomic E-state index is 12.5. The van der Waals surface area contributed by atoms with Gasteiger partial charge in [0.05, 0.1) is 17.7 Å². The van der Waals surface area contributed by atoms with Gasteiger partial charge < -0.3 is 10.2 Å². The van der Waals surface area contributed by atoms with Gasteiger partial charge in [0.25, 0.3) is 11.8 Å². The lowest BCUT2D eigenvalue weighted by Gasteiger charge is -2.19.